The summed E-state index contributed by atoms with van der Waals surface area (Å²) in [5.41, 5.74) is 2.03. The second kappa shape index (κ2) is 5.63. The molecule has 15 heavy (non-hydrogen) atoms. The van der Waals surface area contributed by atoms with Gasteiger partial charge < -0.3 is 9.47 Å². The monoisotopic (exact) mass is 276 g/mol. The number of methoxy groups -OCH3 is 1. The van der Waals surface area contributed by atoms with E-state index in [0.29, 0.717) is 13.2 Å². The molecule has 1 rings (SSSR count). The van der Waals surface area contributed by atoms with Gasteiger partial charge in [0.1, 0.15) is 0 Å². The molecule has 0 aliphatic rings. The summed E-state index contributed by atoms with van der Waals surface area (Å²) in [6.07, 6.45) is 0.0945. The summed E-state index contributed by atoms with van der Waals surface area (Å²) < 4.78 is 13.5. The first-order chi connectivity index (χ1) is 7.06. The molecule has 86 valence electrons. The maximum absolute atomic E-state index is 5.63. The van der Waals surface area contributed by atoms with E-state index in [-0.39, 0.29) is 6.10 Å². The predicted octanol–water partition coefficient (Wildman–Crippen LogP) is 2.04. The van der Waals surface area contributed by atoms with Gasteiger partial charge in [-0.2, -0.15) is 5.10 Å². The number of aromatic nitrogens is 2. The lowest BCUT2D eigenvalue weighted by atomic mass is 10.4. The van der Waals surface area contributed by atoms with Crippen molar-refractivity contribution < 1.29 is 9.47 Å². The Morgan fingerprint density at radius 1 is 1.53 bits per heavy atom. The van der Waals surface area contributed by atoms with E-state index in [1.165, 1.54) is 0 Å². The second-order valence-electron chi connectivity index (χ2n) is 3.55. The highest BCUT2D eigenvalue weighted by Gasteiger charge is 2.11. The van der Waals surface area contributed by atoms with Crippen LogP contribution in [-0.4, -0.2) is 29.6 Å². The molecule has 0 aliphatic heterocycles. The molecule has 1 aromatic heterocycles. The van der Waals surface area contributed by atoms with Crippen LogP contribution in [0.1, 0.15) is 18.3 Å². The Morgan fingerprint density at radius 3 is 2.67 bits per heavy atom. The first kappa shape index (κ1) is 12.7. The highest BCUT2D eigenvalue weighted by molar-refractivity contribution is 9.10. The second-order valence-corrected chi connectivity index (χ2v) is 4.34. The van der Waals surface area contributed by atoms with Crippen LogP contribution in [0.2, 0.25) is 0 Å². The van der Waals surface area contributed by atoms with Crippen LogP contribution in [0.5, 0.6) is 0 Å². The van der Waals surface area contributed by atoms with E-state index >= 15 is 0 Å². The number of nitrogens with zero attached hydrogens (tertiary/aromatic N) is 2. The van der Waals surface area contributed by atoms with Crippen molar-refractivity contribution in [1.82, 2.24) is 9.78 Å². The fraction of sp³-hybridized carbons (Fsp3) is 0.700. The smallest absolute Gasteiger partial charge is 0.0901 e. The quantitative estimate of drug-likeness (QED) is 0.826. The summed E-state index contributed by atoms with van der Waals surface area (Å²) in [6, 6.07) is 0. The lowest BCUT2D eigenvalue weighted by molar-refractivity contribution is -0.00263. The van der Waals surface area contributed by atoms with Crippen molar-refractivity contribution in [2.75, 3.05) is 13.7 Å². The molecule has 1 aromatic rings. The van der Waals surface area contributed by atoms with Crippen LogP contribution in [0.15, 0.2) is 4.47 Å². The largest absolute Gasteiger partial charge is 0.382 e. The van der Waals surface area contributed by atoms with Gasteiger partial charge in [0.25, 0.3) is 0 Å². The minimum absolute atomic E-state index is 0.0945. The Kier molecular flexibility index (Phi) is 4.76. The average molecular weight is 277 g/mol. The molecular weight excluding hydrogens is 260 g/mol. The predicted molar refractivity (Wildman–Crippen MR) is 61.8 cm³/mol. The van der Waals surface area contributed by atoms with Crippen molar-refractivity contribution >= 4 is 15.9 Å². The molecule has 1 unspecified atom stereocenters. The van der Waals surface area contributed by atoms with Gasteiger partial charge in [-0.25, -0.2) is 0 Å². The Bertz CT molecular complexity index is 325. The Hall–Kier alpha value is -0.390. The summed E-state index contributed by atoms with van der Waals surface area (Å²) in [6.45, 7) is 5.10. The summed E-state index contributed by atoms with van der Waals surface area (Å²) in [5, 5.41) is 4.29. The van der Waals surface area contributed by atoms with Gasteiger partial charge in [-0.3, -0.25) is 4.68 Å². The Morgan fingerprint density at radius 2 is 2.20 bits per heavy atom. The van der Waals surface area contributed by atoms with Crippen molar-refractivity contribution in [3.8, 4) is 0 Å². The summed E-state index contributed by atoms with van der Waals surface area (Å²) in [5.74, 6) is 0. The van der Waals surface area contributed by atoms with Crippen LogP contribution in [0.3, 0.4) is 0 Å². The molecule has 0 spiro atoms. The number of ether oxygens (including phenoxy) is 2. The van der Waals surface area contributed by atoms with Crippen molar-refractivity contribution in [3.05, 3.63) is 15.9 Å². The highest BCUT2D eigenvalue weighted by atomic mass is 79.9. The van der Waals surface area contributed by atoms with Crippen LogP contribution in [-0.2, 0) is 23.1 Å². The van der Waals surface area contributed by atoms with E-state index in [1.807, 2.05) is 25.6 Å². The summed E-state index contributed by atoms with van der Waals surface area (Å²) in [4.78, 5) is 0. The number of hydrogen-bond acceptors (Lipinski definition) is 3. The molecule has 4 nitrogen and oxygen atoms in total. The van der Waals surface area contributed by atoms with Crippen molar-refractivity contribution in [2.24, 2.45) is 7.05 Å². The molecule has 0 saturated heterocycles. The minimum atomic E-state index is 0.0945. The average Bonchev–Trinajstić information content (AvgIpc) is 2.40. The first-order valence-electron chi connectivity index (χ1n) is 4.84. The van der Waals surface area contributed by atoms with Crippen molar-refractivity contribution in [2.45, 2.75) is 26.6 Å². The fourth-order valence-electron chi connectivity index (χ4n) is 1.34. The van der Waals surface area contributed by atoms with Crippen LogP contribution < -0.4 is 0 Å². The molecule has 5 heteroatoms. The highest BCUT2D eigenvalue weighted by Crippen LogP contribution is 2.21. The zero-order chi connectivity index (χ0) is 11.4. The van der Waals surface area contributed by atoms with E-state index in [9.17, 15) is 0 Å². The van der Waals surface area contributed by atoms with Gasteiger partial charge in [0.15, 0.2) is 0 Å². The van der Waals surface area contributed by atoms with Crippen LogP contribution in [0.25, 0.3) is 0 Å². The third-order valence-electron chi connectivity index (χ3n) is 2.17. The maximum Gasteiger partial charge on any atom is 0.0901 e. The Balaban J connectivity index is 2.57. The third-order valence-corrected chi connectivity index (χ3v) is 3.20. The number of aryl methyl sites for hydroxylation is 2. The molecule has 1 atom stereocenters. The van der Waals surface area contributed by atoms with Crippen molar-refractivity contribution in [3.63, 3.8) is 0 Å². The van der Waals surface area contributed by atoms with Crippen molar-refractivity contribution in [1.29, 1.82) is 0 Å². The molecule has 0 aromatic carbocycles. The molecule has 0 N–H and O–H groups in total. The first-order valence-corrected chi connectivity index (χ1v) is 5.64. The van der Waals surface area contributed by atoms with Gasteiger partial charge >= 0.3 is 0 Å². The van der Waals surface area contributed by atoms with E-state index in [4.69, 9.17) is 9.47 Å². The van der Waals surface area contributed by atoms with Crippen LogP contribution in [0.4, 0.5) is 0 Å². The lowest BCUT2D eigenvalue weighted by Gasteiger charge is -2.12. The molecule has 0 fully saturated rings. The van der Waals surface area contributed by atoms with E-state index < -0.39 is 0 Å². The van der Waals surface area contributed by atoms with Gasteiger partial charge in [0.2, 0.25) is 0 Å². The number of halogens is 1. The normalized spacial score (nSPS) is 13.1. The topological polar surface area (TPSA) is 36.3 Å². The van der Waals surface area contributed by atoms with Gasteiger partial charge in [-0.05, 0) is 29.8 Å². The lowest BCUT2D eigenvalue weighted by Crippen LogP contribution is -2.15. The fourth-order valence-corrected chi connectivity index (χ4v) is 1.79. The minimum Gasteiger partial charge on any atom is -0.382 e. The molecule has 0 bridgehead atoms. The molecule has 0 aliphatic carbocycles. The van der Waals surface area contributed by atoms with E-state index in [2.05, 4.69) is 21.0 Å². The molecule has 1 heterocycles. The summed E-state index contributed by atoms with van der Waals surface area (Å²) >= 11 is 3.50. The van der Waals surface area contributed by atoms with E-state index in [0.717, 1.165) is 15.9 Å². The van der Waals surface area contributed by atoms with Crippen LogP contribution in [0, 0.1) is 6.92 Å². The van der Waals surface area contributed by atoms with Gasteiger partial charge in [-0.1, -0.05) is 0 Å². The van der Waals surface area contributed by atoms with Crippen LogP contribution >= 0.6 is 15.9 Å². The van der Waals surface area contributed by atoms with Gasteiger partial charge in [0, 0.05) is 14.2 Å². The number of hydrogen-bond donors (Lipinski definition) is 0. The maximum atomic E-state index is 5.63. The van der Waals surface area contributed by atoms with E-state index in [1.54, 1.807) is 7.11 Å². The van der Waals surface area contributed by atoms with Gasteiger partial charge in [-0.15, -0.1) is 0 Å². The SMILES string of the molecule is COCC(C)OCc1c(Br)c(C)nn1C. The zero-order valence-electron chi connectivity index (χ0n) is 9.58. The van der Waals surface area contributed by atoms with Gasteiger partial charge in [0.05, 0.1) is 35.2 Å². The molecule has 0 amide bonds. The zero-order valence-corrected chi connectivity index (χ0v) is 11.2. The number of rotatable bonds is 5. The Labute approximate surface area is 98.7 Å². The third kappa shape index (κ3) is 3.29. The molecule has 0 saturated carbocycles. The molecule has 0 radical (unpaired) electrons. The standard InChI is InChI=1S/C10H17BrN2O2/c1-7(5-14-4)15-6-9-10(11)8(2)12-13(9)3/h7H,5-6H2,1-4H3. The molecular formula is C10H17BrN2O2. The summed E-state index contributed by atoms with van der Waals surface area (Å²) in [7, 11) is 3.58.